The minimum atomic E-state index is -0.831. The average molecular weight is 241 g/mol. The fraction of sp³-hybridized carbons (Fsp3) is 0.583. The minimum Gasteiger partial charge on any atom is -0.480 e. The van der Waals surface area contributed by atoms with E-state index in [1.54, 1.807) is 25.2 Å². The van der Waals surface area contributed by atoms with Gasteiger partial charge in [0.1, 0.15) is 5.54 Å². The predicted octanol–water partition coefficient (Wildman–Crippen LogP) is 2.66. The number of hydrogen-bond donors (Lipinski definition) is 1. The molecule has 1 heterocycles. The lowest BCUT2D eigenvalue weighted by Gasteiger charge is -2.31. The molecule has 1 aromatic rings. The molecule has 0 saturated carbocycles. The quantitative estimate of drug-likeness (QED) is 0.881. The van der Waals surface area contributed by atoms with E-state index in [4.69, 9.17) is 5.11 Å². The summed E-state index contributed by atoms with van der Waals surface area (Å²) in [6.07, 6.45) is 0. The molecule has 0 spiro atoms. The molecular formula is C12H19NO2S. The Kier molecular flexibility index (Phi) is 3.76. The lowest BCUT2D eigenvalue weighted by Crippen LogP contribution is -2.47. The number of nitrogens with zero attached hydrogens (tertiary/aromatic N) is 1. The van der Waals surface area contributed by atoms with E-state index < -0.39 is 11.5 Å². The smallest absolute Gasteiger partial charge is 0.323 e. The monoisotopic (exact) mass is 241 g/mol. The van der Waals surface area contributed by atoms with E-state index in [1.807, 2.05) is 11.9 Å². The molecule has 0 radical (unpaired) electrons. The Morgan fingerprint density at radius 3 is 2.44 bits per heavy atom. The topological polar surface area (TPSA) is 40.5 Å². The average Bonchev–Trinajstić information content (AvgIpc) is 2.44. The summed E-state index contributed by atoms with van der Waals surface area (Å²) in [4.78, 5) is 15.5. The van der Waals surface area contributed by atoms with Gasteiger partial charge in [0, 0.05) is 16.3 Å². The zero-order chi connectivity index (χ0) is 12.5. The van der Waals surface area contributed by atoms with Crippen molar-refractivity contribution in [2.45, 2.75) is 39.8 Å². The number of thiophene rings is 1. The van der Waals surface area contributed by atoms with E-state index in [2.05, 4.69) is 19.9 Å². The summed E-state index contributed by atoms with van der Waals surface area (Å²) in [5, 5.41) is 9.13. The third-order valence-corrected chi connectivity index (χ3v) is 4.04. The van der Waals surface area contributed by atoms with Crippen molar-refractivity contribution in [3.8, 4) is 0 Å². The van der Waals surface area contributed by atoms with Crippen LogP contribution in [-0.2, 0) is 11.3 Å². The Morgan fingerprint density at radius 1 is 1.50 bits per heavy atom. The molecule has 0 aliphatic carbocycles. The van der Waals surface area contributed by atoms with Crippen LogP contribution in [0.5, 0.6) is 0 Å². The second-order valence-corrected chi connectivity index (χ2v) is 6.12. The predicted molar refractivity (Wildman–Crippen MR) is 67.0 cm³/mol. The molecule has 0 aromatic carbocycles. The van der Waals surface area contributed by atoms with E-state index in [-0.39, 0.29) is 0 Å². The van der Waals surface area contributed by atoms with Gasteiger partial charge in [-0.3, -0.25) is 9.69 Å². The van der Waals surface area contributed by atoms with Gasteiger partial charge in [0.25, 0.3) is 0 Å². The van der Waals surface area contributed by atoms with E-state index in [9.17, 15) is 4.79 Å². The van der Waals surface area contributed by atoms with Gasteiger partial charge in [-0.2, -0.15) is 0 Å². The first kappa shape index (κ1) is 13.2. The van der Waals surface area contributed by atoms with Gasteiger partial charge < -0.3 is 5.11 Å². The summed E-state index contributed by atoms with van der Waals surface area (Å²) in [5.74, 6) is -0.792. The normalized spacial score (nSPS) is 12.1. The number of carboxylic acid groups (broad SMARTS) is 1. The summed E-state index contributed by atoms with van der Waals surface area (Å²) in [6.45, 7) is 8.28. The van der Waals surface area contributed by atoms with Crippen LogP contribution >= 0.6 is 11.3 Å². The number of aryl methyl sites for hydroxylation is 2. The van der Waals surface area contributed by atoms with Crippen LogP contribution in [0.1, 0.15) is 29.2 Å². The lowest BCUT2D eigenvalue weighted by atomic mass is 10.0. The van der Waals surface area contributed by atoms with Gasteiger partial charge in [-0.1, -0.05) is 0 Å². The highest BCUT2D eigenvalue weighted by atomic mass is 32.1. The molecule has 0 fully saturated rings. The Labute approximate surface area is 101 Å². The maximum atomic E-state index is 11.1. The van der Waals surface area contributed by atoms with Crippen LogP contribution in [0.3, 0.4) is 0 Å². The van der Waals surface area contributed by atoms with Crippen molar-refractivity contribution in [2.75, 3.05) is 7.05 Å². The third kappa shape index (κ3) is 2.62. The summed E-state index contributed by atoms with van der Waals surface area (Å²) in [6, 6.07) is 2.13. The number of aliphatic carboxylic acids is 1. The second-order valence-electron chi connectivity index (χ2n) is 4.66. The minimum absolute atomic E-state index is 0.676. The molecule has 1 N–H and O–H groups in total. The standard InChI is InChI=1S/C12H19NO2S/c1-8-6-10(9(2)16-8)7-13(5)12(3,4)11(14)15/h6H,7H2,1-5H3,(H,14,15). The first-order valence-electron chi connectivity index (χ1n) is 5.25. The SMILES string of the molecule is Cc1cc(CN(C)C(C)(C)C(=O)O)c(C)s1. The Balaban J connectivity index is 2.82. The Morgan fingerprint density at radius 2 is 2.06 bits per heavy atom. The molecule has 3 nitrogen and oxygen atoms in total. The molecule has 0 aliphatic rings. The van der Waals surface area contributed by atoms with Crippen LogP contribution < -0.4 is 0 Å². The number of likely N-dealkylation sites (N-methyl/N-ethyl adjacent to an activating group) is 1. The molecule has 0 aliphatic heterocycles. The Hall–Kier alpha value is -0.870. The van der Waals surface area contributed by atoms with Crippen LogP contribution in [-0.4, -0.2) is 28.6 Å². The van der Waals surface area contributed by atoms with Crippen molar-refractivity contribution < 1.29 is 9.90 Å². The summed E-state index contributed by atoms with van der Waals surface area (Å²) < 4.78 is 0. The van der Waals surface area contributed by atoms with E-state index >= 15 is 0 Å². The molecule has 0 bridgehead atoms. The van der Waals surface area contributed by atoms with Crippen molar-refractivity contribution in [2.24, 2.45) is 0 Å². The van der Waals surface area contributed by atoms with Gasteiger partial charge in [0.15, 0.2) is 0 Å². The first-order valence-corrected chi connectivity index (χ1v) is 6.07. The molecule has 90 valence electrons. The lowest BCUT2D eigenvalue weighted by molar-refractivity contribution is -0.148. The van der Waals surface area contributed by atoms with Crippen LogP contribution in [0.2, 0.25) is 0 Å². The summed E-state index contributed by atoms with van der Waals surface area (Å²) >= 11 is 1.76. The fourth-order valence-corrected chi connectivity index (χ4v) is 2.40. The van der Waals surface area contributed by atoms with Crippen molar-refractivity contribution >= 4 is 17.3 Å². The van der Waals surface area contributed by atoms with Gasteiger partial charge in [-0.05, 0) is 46.4 Å². The van der Waals surface area contributed by atoms with Crippen LogP contribution in [0.25, 0.3) is 0 Å². The number of carboxylic acids is 1. The van der Waals surface area contributed by atoms with E-state index in [1.165, 1.54) is 15.3 Å². The van der Waals surface area contributed by atoms with Gasteiger partial charge in [0.2, 0.25) is 0 Å². The Bertz CT molecular complexity index is 396. The van der Waals surface area contributed by atoms with Crippen molar-refractivity contribution in [1.82, 2.24) is 4.90 Å². The molecule has 0 saturated heterocycles. The number of carbonyl (C=O) groups is 1. The molecule has 0 unspecified atom stereocenters. The van der Waals surface area contributed by atoms with Gasteiger partial charge in [-0.25, -0.2) is 0 Å². The van der Waals surface area contributed by atoms with Crippen molar-refractivity contribution in [3.63, 3.8) is 0 Å². The number of rotatable bonds is 4. The zero-order valence-electron chi connectivity index (χ0n) is 10.5. The first-order chi connectivity index (χ1) is 7.25. The molecule has 1 rings (SSSR count). The highest BCUT2D eigenvalue weighted by Crippen LogP contribution is 2.24. The summed E-state index contributed by atoms with van der Waals surface area (Å²) in [7, 11) is 1.85. The largest absolute Gasteiger partial charge is 0.480 e. The van der Waals surface area contributed by atoms with Gasteiger partial charge >= 0.3 is 5.97 Å². The maximum absolute atomic E-state index is 11.1. The molecular weight excluding hydrogens is 222 g/mol. The molecule has 4 heteroatoms. The molecule has 0 atom stereocenters. The second kappa shape index (κ2) is 4.55. The highest BCUT2D eigenvalue weighted by Gasteiger charge is 2.32. The van der Waals surface area contributed by atoms with E-state index in [0.29, 0.717) is 6.54 Å². The van der Waals surface area contributed by atoms with Crippen molar-refractivity contribution in [3.05, 3.63) is 21.4 Å². The molecule has 1 aromatic heterocycles. The highest BCUT2D eigenvalue weighted by molar-refractivity contribution is 7.12. The van der Waals surface area contributed by atoms with Crippen molar-refractivity contribution in [1.29, 1.82) is 0 Å². The van der Waals surface area contributed by atoms with Crippen LogP contribution in [0.4, 0.5) is 0 Å². The van der Waals surface area contributed by atoms with Gasteiger partial charge in [-0.15, -0.1) is 11.3 Å². The molecule has 0 amide bonds. The fourth-order valence-electron chi connectivity index (χ4n) is 1.46. The van der Waals surface area contributed by atoms with E-state index in [0.717, 1.165) is 0 Å². The zero-order valence-corrected chi connectivity index (χ0v) is 11.3. The number of hydrogen-bond acceptors (Lipinski definition) is 3. The van der Waals surface area contributed by atoms with Crippen LogP contribution in [0, 0.1) is 13.8 Å². The summed E-state index contributed by atoms with van der Waals surface area (Å²) in [5.41, 5.74) is 0.391. The van der Waals surface area contributed by atoms with Gasteiger partial charge in [0.05, 0.1) is 0 Å². The van der Waals surface area contributed by atoms with Crippen LogP contribution in [0.15, 0.2) is 6.07 Å². The maximum Gasteiger partial charge on any atom is 0.323 e. The third-order valence-electron chi connectivity index (χ3n) is 3.03. The molecule has 16 heavy (non-hydrogen) atoms.